The van der Waals surface area contributed by atoms with E-state index in [4.69, 9.17) is 16.7 Å². The fraction of sp³-hybridized carbons (Fsp3) is 0.500. The Balaban J connectivity index is 2.62. The van der Waals surface area contributed by atoms with Gasteiger partial charge in [0.25, 0.3) is 0 Å². The summed E-state index contributed by atoms with van der Waals surface area (Å²) in [5, 5.41) is 12.4. The number of halogens is 1. The fourth-order valence-corrected chi connectivity index (χ4v) is 2.32. The van der Waals surface area contributed by atoms with Crippen LogP contribution in [0.3, 0.4) is 0 Å². The van der Waals surface area contributed by atoms with Crippen LogP contribution in [0.4, 0.5) is 0 Å². The summed E-state index contributed by atoms with van der Waals surface area (Å²) < 4.78 is 0. The summed E-state index contributed by atoms with van der Waals surface area (Å²) in [6.07, 6.45) is 0.771. The number of rotatable bonds is 6. The maximum Gasteiger partial charge on any atom is 0.305 e. The lowest BCUT2D eigenvalue weighted by Gasteiger charge is -2.25. The highest BCUT2D eigenvalue weighted by Gasteiger charge is 2.22. The Kier molecular flexibility index (Phi) is 6.21. The quantitative estimate of drug-likeness (QED) is 0.847. The van der Waals surface area contributed by atoms with Crippen molar-refractivity contribution in [3.05, 3.63) is 34.9 Å². The average Bonchev–Trinajstić information content (AvgIpc) is 2.28. The monoisotopic (exact) mass is 311 g/mol. The molecule has 0 radical (unpaired) electrons. The van der Waals surface area contributed by atoms with Crippen LogP contribution in [-0.4, -0.2) is 23.0 Å². The lowest BCUT2D eigenvalue weighted by molar-refractivity contribution is -0.137. The zero-order chi connectivity index (χ0) is 16.0. The molecular formula is C16H22ClNO3. The zero-order valence-corrected chi connectivity index (χ0v) is 13.4. The van der Waals surface area contributed by atoms with E-state index in [0.29, 0.717) is 11.4 Å². The lowest BCUT2D eigenvalue weighted by atomic mass is 9.87. The molecule has 1 aromatic carbocycles. The summed E-state index contributed by atoms with van der Waals surface area (Å²) in [6.45, 7) is 6.06. The van der Waals surface area contributed by atoms with E-state index in [1.54, 1.807) is 24.3 Å². The Morgan fingerprint density at radius 2 is 1.81 bits per heavy atom. The van der Waals surface area contributed by atoms with Gasteiger partial charge in [0, 0.05) is 11.1 Å². The minimum atomic E-state index is -0.906. The first-order valence-corrected chi connectivity index (χ1v) is 7.29. The Labute approximate surface area is 130 Å². The van der Waals surface area contributed by atoms with Gasteiger partial charge in [-0.25, -0.2) is 0 Å². The predicted molar refractivity (Wildman–Crippen MR) is 83.4 cm³/mol. The number of carboxylic acids is 1. The van der Waals surface area contributed by atoms with Crippen molar-refractivity contribution < 1.29 is 14.7 Å². The summed E-state index contributed by atoms with van der Waals surface area (Å²) >= 11 is 5.80. The van der Waals surface area contributed by atoms with Crippen molar-refractivity contribution in [3.8, 4) is 0 Å². The topological polar surface area (TPSA) is 66.4 Å². The van der Waals surface area contributed by atoms with Crippen molar-refractivity contribution in [2.75, 3.05) is 0 Å². The van der Waals surface area contributed by atoms with Gasteiger partial charge in [-0.1, -0.05) is 44.5 Å². The molecule has 1 atom stereocenters. The normalized spacial score (nSPS) is 12.8. The number of aliphatic carboxylic acids is 1. The zero-order valence-electron chi connectivity index (χ0n) is 12.6. The van der Waals surface area contributed by atoms with Gasteiger partial charge < -0.3 is 10.4 Å². The highest BCUT2D eigenvalue weighted by molar-refractivity contribution is 6.30. The molecule has 1 rings (SSSR count). The minimum absolute atomic E-state index is 0.0479. The second-order valence-electron chi connectivity index (χ2n) is 6.43. The number of nitrogens with one attached hydrogen (secondary N) is 1. The number of carbonyl (C=O) groups excluding carboxylic acids is 1. The summed E-state index contributed by atoms with van der Waals surface area (Å²) in [4.78, 5) is 22.9. The van der Waals surface area contributed by atoms with Gasteiger partial charge in [-0.3, -0.25) is 9.59 Å². The molecule has 0 aliphatic carbocycles. The Hall–Kier alpha value is -1.55. The van der Waals surface area contributed by atoms with Crippen molar-refractivity contribution >= 4 is 23.5 Å². The SMILES string of the molecule is CC(C)(C)CC(CC(=O)O)NC(=O)Cc1ccc(Cl)cc1. The van der Waals surface area contributed by atoms with Crippen LogP contribution in [-0.2, 0) is 16.0 Å². The molecular weight excluding hydrogens is 290 g/mol. The molecule has 0 aromatic heterocycles. The van der Waals surface area contributed by atoms with E-state index in [2.05, 4.69) is 5.32 Å². The van der Waals surface area contributed by atoms with E-state index in [0.717, 1.165) is 5.56 Å². The van der Waals surface area contributed by atoms with Gasteiger partial charge in [-0.15, -0.1) is 0 Å². The minimum Gasteiger partial charge on any atom is -0.481 e. The maximum absolute atomic E-state index is 12.0. The van der Waals surface area contributed by atoms with Crippen molar-refractivity contribution in [2.24, 2.45) is 5.41 Å². The van der Waals surface area contributed by atoms with Crippen LogP contribution in [0.15, 0.2) is 24.3 Å². The van der Waals surface area contributed by atoms with E-state index < -0.39 is 5.97 Å². The van der Waals surface area contributed by atoms with Crippen LogP contribution in [0.1, 0.15) is 39.2 Å². The van der Waals surface area contributed by atoms with E-state index in [1.165, 1.54) is 0 Å². The molecule has 1 unspecified atom stereocenters. The van der Waals surface area contributed by atoms with Gasteiger partial charge in [0.1, 0.15) is 0 Å². The molecule has 0 heterocycles. The molecule has 0 spiro atoms. The van der Waals surface area contributed by atoms with Gasteiger partial charge in [0.15, 0.2) is 0 Å². The lowest BCUT2D eigenvalue weighted by Crippen LogP contribution is -2.39. The summed E-state index contributed by atoms with van der Waals surface area (Å²) in [5.41, 5.74) is 0.801. The molecule has 0 aliphatic heterocycles. The van der Waals surface area contributed by atoms with Crippen molar-refractivity contribution in [1.82, 2.24) is 5.32 Å². The second kappa shape index (κ2) is 7.46. The first kappa shape index (κ1) is 17.5. The number of amides is 1. The first-order valence-electron chi connectivity index (χ1n) is 6.91. The fourth-order valence-electron chi connectivity index (χ4n) is 2.19. The average molecular weight is 312 g/mol. The van der Waals surface area contributed by atoms with E-state index in [1.807, 2.05) is 20.8 Å². The number of hydrogen-bond donors (Lipinski definition) is 2. The van der Waals surface area contributed by atoms with E-state index in [-0.39, 0.29) is 30.2 Å². The van der Waals surface area contributed by atoms with Gasteiger partial charge in [-0.05, 0) is 29.5 Å². The molecule has 0 bridgehead atoms. The molecule has 1 amide bonds. The number of hydrogen-bond acceptors (Lipinski definition) is 2. The smallest absolute Gasteiger partial charge is 0.305 e. The van der Waals surface area contributed by atoms with Gasteiger partial charge in [-0.2, -0.15) is 0 Å². The molecule has 4 nitrogen and oxygen atoms in total. The molecule has 5 heteroatoms. The molecule has 0 saturated carbocycles. The molecule has 116 valence electrons. The van der Waals surface area contributed by atoms with Crippen molar-refractivity contribution in [2.45, 2.75) is 46.1 Å². The van der Waals surface area contributed by atoms with E-state index >= 15 is 0 Å². The van der Waals surface area contributed by atoms with Crippen LogP contribution in [0.5, 0.6) is 0 Å². The Bertz CT molecular complexity index is 491. The standard InChI is InChI=1S/C16H22ClNO3/c1-16(2,3)10-13(9-15(20)21)18-14(19)8-11-4-6-12(17)7-5-11/h4-7,13H,8-10H2,1-3H3,(H,18,19)(H,20,21). The largest absolute Gasteiger partial charge is 0.481 e. The molecule has 1 aromatic rings. The predicted octanol–water partition coefficient (Wildman–Crippen LogP) is 3.28. The number of benzene rings is 1. The van der Waals surface area contributed by atoms with Crippen LogP contribution in [0.25, 0.3) is 0 Å². The highest BCUT2D eigenvalue weighted by atomic mass is 35.5. The second-order valence-corrected chi connectivity index (χ2v) is 6.87. The van der Waals surface area contributed by atoms with Crippen LogP contribution in [0.2, 0.25) is 5.02 Å². The molecule has 0 saturated heterocycles. The number of carbonyl (C=O) groups is 2. The van der Waals surface area contributed by atoms with Gasteiger partial charge >= 0.3 is 5.97 Å². The Morgan fingerprint density at radius 3 is 2.29 bits per heavy atom. The first-order chi connectivity index (χ1) is 9.65. The summed E-state index contributed by atoms with van der Waals surface area (Å²) in [5.74, 6) is -1.08. The van der Waals surface area contributed by atoms with Crippen LogP contribution >= 0.6 is 11.6 Å². The van der Waals surface area contributed by atoms with Crippen LogP contribution < -0.4 is 5.32 Å². The maximum atomic E-state index is 12.0. The summed E-state index contributed by atoms with van der Waals surface area (Å²) in [6, 6.07) is 6.68. The molecule has 2 N–H and O–H groups in total. The van der Waals surface area contributed by atoms with E-state index in [9.17, 15) is 9.59 Å². The third kappa shape index (κ3) is 7.71. The van der Waals surface area contributed by atoms with Gasteiger partial charge in [0.2, 0.25) is 5.91 Å². The summed E-state index contributed by atoms with van der Waals surface area (Å²) in [7, 11) is 0. The highest BCUT2D eigenvalue weighted by Crippen LogP contribution is 2.22. The van der Waals surface area contributed by atoms with Crippen molar-refractivity contribution in [3.63, 3.8) is 0 Å². The van der Waals surface area contributed by atoms with Gasteiger partial charge in [0.05, 0.1) is 12.8 Å². The van der Waals surface area contributed by atoms with Crippen LogP contribution in [0, 0.1) is 5.41 Å². The third-order valence-corrected chi connectivity index (χ3v) is 3.17. The third-order valence-electron chi connectivity index (χ3n) is 2.92. The molecule has 21 heavy (non-hydrogen) atoms. The molecule has 0 aliphatic rings. The molecule has 0 fully saturated rings. The number of carboxylic acid groups (broad SMARTS) is 1. The van der Waals surface area contributed by atoms with Crippen molar-refractivity contribution in [1.29, 1.82) is 0 Å². The Morgan fingerprint density at radius 1 is 1.24 bits per heavy atom.